The summed E-state index contributed by atoms with van der Waals surface area (Å²) in [5.41, 5.74) is -0.0294. The first-order valence-corrected chi connectivity index (χ1v) is 7.71. The number of methoxy groups -OCH3 is 1. The van der Waals surface area contributed by atoms with Crippen LogP contribution >= 0.6 is 0 Å². The van der Waals surface area contributed by atoms with Crippen LogP contribution in [0.25, 0.3) is 0 Å². The van der Waals surface area contributed by atoms with Crippen LogP contribution in [0, 0.1) is 0 Å². The zero-order valence-corrected chi connectivity index (χ0v) is 13.9. The summed E-state index contributed by atoms with van der Waals surface area (Å²) in [6.07, 6.45) is 3.46. The molecule has 126 valence electrons. The number of carbonyl (C=O) groups is 2. The highest BCUT2D eigenvalue weighted by molar-refractivity contribution is 5.96. The van der Waals surface area contributed by atoms with E-state index in [2.05, 4.69) is 15.6 Å². The van der Waals surface area contributed by atoms with Gasteiger partial charge in [-0.15, -0.1) is 0 Å². The third-order valence-corrected chi connectivity index (χ3v) is 4.29. The smallest absolute Gasteiger partial charge is 0.254 e. The number of aromatic nitrogens is 1. The minimum absolute atomic E-state index is 0.0904. The molecular formula is C16H24N4O3. The lowest BCUT2D eigenvalue weighted by atomic mass is 9.91. The molecule has 1 fully saturated rings. The van der Waals surface area contributed by atoms with Crippen LogP contribution in [-0.2, 0) is 9.53 Å². The van der Waals surface area contributed by atoms with Crippen LogP contribution in [0.3, 0.4) is 0 Å². The molecule has 0 bridgehead atoms. The molecule has 0 aliphatic carbocycles. The molecule has 2 N–H and O–H groups in total. The highest BCUT2D eigenvalue weighted by Gasteiger charge is 2.45. The maximum absolute atomic E-state index is 13.0. The number of ether oxygens (including phenoxy) is 1. The zero-order chi connectivity index (χ0) is 16.9. The lowest BCUT2D eigenvalue weighted by Gasteiger charge is -2.37. The molecule has 1 aromatic rings. The topological polar surface area (TPSA) is 83.6 Å². The summed E-state index contributed by atoms with van der Waals surface area (Å²) in [7, 11) is 4.96. The molecule has 23 heavy (non-hydrogen) atoms. The number of amides is 2. The van der Waals surface area contributed by atoms with E-state index in [1.54, 1.807) is 44.4 Å². The fraction of sp³-hybridized carbons (Fsp3) is 0.562. The number of carbonyl (C=O) groups excluding carboxylic acids is 2. The fourth-order valence-corrected chi connectivity index (χ4v) is 3.15. The third kappa shape index (κ3) is 3.61. The monoisotopic (exact) mass is 320 g/mol. The molecule has 0 unspecified atom stereocenters. The molecule has 2 rings (SSSR count). The van der Waals surface area contributed by atoms with Crippen LogP contribution in [0.1, 0.15) is 29.6 Å². The number of nitrogens with one attached hydrogen (secondary N) is 2. The average molecular weight is 320 g/mol. The molecule has 1 aromatic heterocycles. The van der Waals surface area contributed by atoms with Gasteiger partial charge in [-0.05, 0) is 25.0 Å². The molecule has 2 heterocycles. The van der Waals surface area contributed by atoms with Crippen LogP contribution < -0.4 is 10.6 Å². The predicted molar refractivity (Wildman–Crippen MR) is 87.3 cm³/mol. The van der Waals surface area contributed by atoms with Gasteiger partial charge in [-0.3, -0.25) is 9.59 Å². The van der Waals surface area contributed by atoms with Gasteiger partial charge in [-0.25, -0.2) is 4.98 Å². The summed E-state index contributed by atoms with van der Waals surface area (Å²) >= 11 is 0. The van der Waals surface area contributed by atoms with Crippen LogP contribution in [0.4, 0.5) is 5.82 Å². The van der Waals surface area contributed by atoms with Crippen molar-refractivity contribution in [3.05, 3.63) is 23.9 Å². The van der Waals surface area contributed by atoms with Crippen molar-refractivity contribution in [3.8, 4) is 0 Å². The first-order valence-electron chi connectivity index (χ1n) is 7.71. The van der Waals surface area contributed by atoms with E-state index in [0.717, 1.165) is 12.8 Å². The number of pyridine rings is 1. The Hall–Kier alpha value is -2.15. The van der Waals surface area contributed by atoms with Crippen molar-refractivity contribution in [2.75, 3.05) is 39.7 Å². The van der Waals surface area contributed by atoms with E-state index in [-0.39, 0.29) is 18.2 Å². The van der Waals surface area contributed by atoms with Gasteiger partial charge in [0.15, 0.2) is 0 Å². The van der Waals surface area contributed by atoms with Gasteiger partial charge in [0.1, 0.15) is 5.82 Å². The number of rotatable bonds is 6. The van der Waals surface area contributed by atoms with Gasteiger partial charge in [0, 0.05) is 39.5 Å². The Kier molecular flexibility index (Phi) is 5.54. The quantitative estimate of drug-likeness (QED) is 0.813. The molecule has 0 spiro atoms. The highest BCUT2D eigenvalue weighted by Crippen LogP contribution is 2.34. The molecule has 7 nitrogen and oxygen atoms in total. The zero-order valence-electron chi connectivity index (χ0n) is 13.9. The second-order valence-electron chi connectivity index (χ2n) is 5.75. The molecular weight excluding hydrogens is 296 g/mol. The molecule has 1 aliphatic heterocycles. The van der Waals surface area contributed by atoms with Crippen molar-refractivity contribution in [2.45, 2.75) is 24.8 Å². The highest BCUT2D eigenvalue weighted by atomic mass is 16.5. The van der Waals surface area contributed by atoms with E-state index >= 15 is 0 Å². The Labute approximate surface area is 136 Å². The number of anilines is 1. The van der Waals surface area contributed by atoms with Crippen molar-refractivity contribution in [1.82, 2.24) is 15.2 Å². The summed E-state index contributed by atoms with van der Waals surface area (Å²) in [6, 6.07) is 3.41. The van der Waals surface area contributed by atoms with Gasteiger partial charge < -0.3 is 20.3 Å². The summed E-state index contributed by atoms with van der Waals surface area (Å²) < 4.78 is 5.34. The van der Waals surface area contributed by atoms with Gasteiger partial charge in [0.25, 0.3) is 5.91 Å². The van der Waals surface area contributed by atoms with E-state index in [1.807, 2.05) is 0 Å². The second-order valence-corrected chi connectivity index (χ2v) is 5.75. The Balaban J connectivity index is 2.30. The second kappa shape index (κ2) is 7.41. The van der Waals surface area contributed by atoms with Gasteiger partial charge in [0.2, 0.25) is 5.91 Å². The first-order chi connectivity index (χ1) is 11.1. The maximum Gasteiger partial charge on any atom is 0.254 e. The molecule has 0 saturated carbocycles. The molecule has 2 amide bonds. The summed E-state index contributed by atoms with van der Waals surface area (Å²) in [4.78, 5) is 30.8. The van der Waals surface area contributed by atoms with E-state index < -0.39 is 5.54 Å². The van der Waals surface area contributed by atoms with Crippen molar-refractivity contribution in [1.29, 1.82) is 0 Å². The van der Waals surface area contributed by atoms with E-state index in [9.17, 15) is 9.59 Å². The summed E-state index contributed by atoms with van der Waals surface area (Å²) in [5, 5.41) is 5.57. The number of hydrogen-bond donors (Lipinski definition) is 2. The van der Waals surface area contributed by atoms with E-state index in [1.165, 1.54) is 0 Å². The minimum atomic E-state index is -0.588. The van der Waals surface area contributed by atoms with Gasteiger partial charge in [-0.1, -0.05) is 0 Å². The lowest BCUT2D eigenvalue weighted by molar-refractivity contribution is -0.123. The normalized spacial score (nSPS) is 20.4. The van der Waals surface area contributed by atoms with E-state index in [4.69, 9.17) is 4.74 Å². The van der Waals surface area contributed by atoms with Crippen molar-refractivity contribution < 1.29 is 14.3 Å². The van der Waals surface area contributed by atoms with Crippen LogP contribution in [0.5, 0.6) is 0 Å². The number of likely N-dealkylation sites (tertiary alicyclic amines) is 1. The van der Waals surface area contributed by atoms with Gasteiger partial charge >= 0.3 is 0 Å². The first kappa shape index (κ1) is 17.2. The Morgan fingerprint density at radius 3 is 2.87 bits per heavy atom. The van der Waals surface area contributed by atoms with Crippen molar-refractivity contribution >= 4 is 17.6 Å². The SMILES string of the molecule is CNC(=O)C[C@@]1(COC)CCCN1C(=O)c1ccnc(NC)c1. The standard InChI is InChI=1S/C16H24N4O3/c1-17-13-9-12(5-7-19-13)15(22)20-8-4-6-16(20,11-23-3)10-14(21)18-2/h5,7,9H,4,6,8,10-11H2,1-3H3,(H,17,19)(H,18,21)/t16-/m1/s1. The van der Waals surface area contributed by atoms with Crippen LogP contribution in [-0.4, -0.2) is 61.6 Å². The van der Waals surface area contributed by atoms with Gasteiger partial charge in [-0.2, -0.15) is 0 Å². The Morgan fingerprint density at radius 2 is 2.22 bits per heavy atom. The molecule has 0 radical (unpaired) electrons. The Morgan fingerprint density at radius 1 is 1.43 bits per heavy atom. The van der Waals surface area contributed by atoms with Crippen LogP contribution in [0.2, 0.25) is 0 Å². The van der Waals surface area contributed by atoms with Gasteiger partial charge in [0.05, 0.1) is 18.6 Å². The maximum atomic E-state index is 13.0. The number of hydrogen-bond acceptors (Lipinski definition) is 5. The lowest BCUT2D eigenvalue weighted by Crippen LogP contribution is -2.52. The number of nitrogens with zero attached hydrogens (tertiary/aromatic N) is 2. The fourth-order valence-electron chi connectivity index (χ4n) is 3.15. The molecule has 1 atom stereocenters. The molecule has 0 aromatic carbocycles. The molecule has 1 aliphatic rings. The Bertz CT molecular complexity index is 578. The van der Waals surface area contributed by atoms with E-state index in [0.29, 0.717) is 24.5 Å². The van der Waals surface area contributed by atoms with Crippen molar-refractivity contribution in [2.24, 2.45) is 0 Å². The average Bonchev–Trinajstić information content (AvgIpc) is 2.97. The summed E-state index contributed by atoms with van der Waals surface area (Å²) in [5.74, 6) is 0.452. The predicted octanol–water partition coefficient (Wildman–Crippen LogP) is 0.881. The van der Waals surface area contributed by atoms with Crippen LogP contribution in [0.15, 0.2) is 18.3 Å². The summed E-state index contributed by atoms with van der Waals surface area (Å²) in [6.45, 7) is 0.965. The van der Waals surface area contributed by atoms with Crippen molar-refractivity contribution in [3.63, 3.8) is 0 Å². The molecule has 7 heteroatoms. The minimum Gasteiger partial charge on any atom is -0.382 e. The third-order valence-electron chi connectivity index (χ3n) is 4.29. The largest absolute Gasteiger partial charge is 0.382 e. The molecule has 1 saturated heterocycles.